The zero-order valence-corrected chi connectivity index (χ0v) is 8.39. The van der Waals surface area contributed by atoms with Gasteiger partial charge in [0.2, 0.25) is 5.95 Å². The van der Waals surface area contributed by atoms with Gasteiger partial charge in [0, 0.05) is 19.2 Å². The highest BCUT2D eigenvalue weighted by atomic mass is 35.5. The molecule has 0 amide bonds. The molecule has 14 heavy (non-hydrogen) atoms. The molecule has 5 heteroatoms. The van der Waals surface area contributed by atoms with Crippen molar-refractivity contribution in [2.75, 3.05) is 23.7 Å². The molecule has 3 nitrogen and oxygen atoms in total. The number of nitrogen functional groups attached to an aromatic ring is 1. The zero-order valence-electron chi connectivity index (χ0n) is 7.63. The molecular weight excluding hydrogens is 205 g/mol. The van der Waals surface area contributed by atoms with Crippen molar-refractivity contribution >= 4 is 23.1 Å². The SMILES string of the molecule is Nc1cc(N2CCCC2)nc(F)c1Cl. The van der Waals surface area contributed by atoms with Crippen LogP contribution in [0.4, 0.5) is 15.9 Å². The summed E-state index contributed by atoms with van der Waals surface area (Å²) in [5, 5.41) is -0.0899. The van der Waals surface area contributed by atoms with E-state index in [1.165, 1.54) is 0 Å². The summed E-state index contributed by atoms with van der Waals surface area (Å²) in [5.74, 6) is -0.101. The molecule has 1 aromatic heterocycles. The van der Waals surface area contributed by atoms with Crippen molar-refractivity contribution in [2.45, 2.75) is 12.8 Å². The van der Waals surface area contributed by atoms with Crippen LogP contribution in [0.5, 0.6) is 0 Å². The third kappa shape index (κ3) is 1.62. The van der Waals surface area contributed by atoms with E-state index in [1.807, 2.05) is 4.90 Å². The summed E-state index contributed by atoms with van der Waals surface area (Å²) < 4.78 is 13.1. The van der Waals surface area contributed by atoms with E-state index in [-0.39, 0.29) is 10.7 Å². The maximum absolute atomic E-state index is 13.1. The molecule has 0 atom stereocenters. The van der Waals surface area contributed by atoms with Crippen molar-refractivity contribution in [1.82, 2.24) is 4.98 Å². The number of halogens is 2. The Labute approximate surface area is 86.7 Å². The predicted molar refractivity (Wildman–Crippen MR) is 55.1 cm³/mol. The summed E-state index contributed by atoms with van der Waals surface area (Å²) >= 11 is 5.58. The van der Waals surface area contributed by atoms with E-state index in [0.717, 1.165) is 25.9 Å². The highest BCUT2D eigenvalue weighted by Crippen LogP contribution is 2.27. The third-order valence-corrected chi connectivity index (χ3v) is 2.74. The van der Waals surface area contributed by atoms with E-state index < -0.39 is 5.95 Å². The van der Waals surface area contributed by atoms with E-state index in [9.17, 15) is 4.39 Å². The first-order valence-electron chi connectivity index (χ1n) is 4.55. The minimum absolute atomic E-state index is 0.0899. The number of rotatable bonds is 1. The second kappa shape index (κ2) is 3.61. The molecule has 76 valence electrons. The molecule has 0 unspecified atom stereocenters. The van der Waals surface area contributed by atoms with Crippen LogP contribution in [-0.2, 0) is 0 Å². The molecule has 2 rings (SSSR count). The first-order valence-corrected chi connectivity index (χ1v) is 4.93. The lowest BCUT2D eigenvalue weighted by Crippen LogP contribution is -2.19. The van der Waals surface area contributed by atoms with Crippen molar-refractivity contribution in [2.24, 2.45) is 0 Å². The van der Waals surface area contributed by atoms with Crippen LogP contribution in [-0.4, -0.2) is 18.1 Å². The predicted octanol–water partition coefficient (Wildman–Crippen LogP) is 2.06. The summed E-state index contributed by atoms with van der Waals surface area (Å²) in [7, 11) is 0. The summed E-state index contributed by atoms with van der Waals surface area (Å²) in [6.07, 6.45) is 2.23. The van der Waals surface area contributed by atoms with E-state index >= 15 is 0 Å². The molecule has 1 saturated heterocycles. The van der Waals surface area contributed by atoms with E-state index in [2.05, 4.69) is 4.98 Å². The summed E-state index contributed by atoms with van der Waals surface area (Å²) in [6.45, 7) is 1.82. The van der Waals surface area contributed by atoms with Crippen molar-refractivity contribution in [3.63, 3.8) is 0 Å². The lowest BCUT2D eigenvalue weighted by atomic mass is 10.3. The largest absolute Gasteiger partial charge is 0.397 e. The Morgan fingerprint density at radius 3 is 2.64 bits per heavy atom. The van der Waals surface area contributed by atoms with Gasteiger partial charge in [-0.15, -0.1) is 0 Å². The van der Waals surface area contributed by atoms with Crippen molar-refractivity contribution in [3.8, 4) is 0 Å². The molecule has 1 aromatic rings. The fraction of sp³-hybridized carbons (Fsp3) is 0.444. The average Bonchev–Trinajstić information content (AvgIpc) is 2.66. The monoisotopic (exact) mass is 215 g/mol. The Bertz CT molecular complexity index is 327. The summed E-state index contributed by atoms with van der Waals surface area (Å²) in [4.78, 5) is 5.77. The van der Waals surface area contributed by atoms with Gasteiger partial charge in [-0.25, -0.2) is 4.98 Å². The number of hydrogen-bond donors (Lipinski definition) is 1. The van der Waals surface area contributed by atoms with E-state index in [4.69, 9.17) is 17.3 Å². The second-order valence-corrected chi connectivity index (χ2v) is 3.75. The number of nitrogens with two attached hydrogens (primary N) is 1. The zero-order chi connectivity index (χ0) is 10.1. The van der Waals surface area contributed by atoms with Gasteiger partial charge in [-0.05, 0) is 12.8 Å². The van der Waals surface area contributed by atoms with Gasteiger partial charge in [-0.1, -0.05) is 11.6 Å². The van der Waals surface area contributed by atoms with Gasteiger partial charge in [-0.2, -0.15) is 4.39 Å². The minimum atomic E-state index is -0.687. The molecule has 2 N–H and O–H groups in total. The molecule has 1 aliphatic rings. The number of pyridine rings is 1. The maximum Gasteiger partial charge on any atom is 0.235 e. The molecule has 2 heterocycles. The molecule has 0 aromatic carbocycles. The normalized spacial score (nSPS) is 16.3. The van der Waals surface area contributed by atoms with Crippen LogP contribution in [0.1, 0.15) is 12.8 Å². The molecule has 0 saturated carbocycles. The van der Waals surface area contributed by atoms with Gasteiger partial charge in [0.25, 0.3) is 0 Å². The summed E-state index contributed by atoms with van der Waals surface area (Å²) in [5.41, 5.74) is 5.80. The van der Waals surface area contributed by atoms with Crippen LogP contribution in [0.3, 0.4) is 0 Å². The molecule has 1 aliphatic heterocycles. The maximum atomic E-state index is 13.1. The fourth-order valence-electron chi connectivity index (χ4n) is 1.61. The highest BCUT2D eigenvalue weighted by molar-refractivity contribution is 6.33. The van der Waals surface area contributed by atoms with Crippen LogP contribution in [0, 0.1) is 5.95 Å². The van der Waals surface area contributed by atoms with Crippen LogP contribution < -0.4 is 10.6 Å². The molecule has 0 aliphatic carbocycles. The van der Waals surface area contributed by atoms with Crippen molar-refractivity contribution in [3.05, 3.63) is 17.0 Å². The fourth-order valence-corrected chi connectivity index (χ4v) is 1.71. The quantitative estimate of drug-likeness (QED) is 0.730. The number of nitrogens with zero attached hydrogens (tertiary/aromatic N) is 2. The Morgan fingerprint density at radius 1 is 1.43 bits per heavy atom. The van der Waals surface area contributed by atoms with Gasteiger partial charge in [0.05, 0.1) is 5.69 Å². The first-order chi connectivity index (χ1) is 6.68. The minimum Gasteiger partial charge on any atom is -0.397 e. The Morgan fingerprint density at radius 2 is 2.07 bits per heavy atom. The standard InChI is InChI=1S/C9H11ClFN3/c10-8-6(12)5-7(13-9(8)11)14-3-1-2-4-14/h5H,1-4H2,(H2,12,13). The Kier molecular flexibility index (Phi) is 2.46. The lowest BCUT2D eigenvalue weighted by molar-refractivity contribution is 0.583. The van der Waals surface area contributed by atoms with E-state index in [1.54, 1.807) is 6.07 Å². The van der Waals surface area contributed by atoms with Gasteiger partial charge >= 0.3 is 0 Å². The van der Waals surface area contributed by atoms with Gasteiger partial charge in [0.15, 0.2) is 0 Å². The van der Waals surface area contributed by atoms with Crippen LogP contribution in [0.15, 0.2) is 6.07 Å². The lowest BCUT2D eigenvalue weighted by Gasteiger charge is -2.16. The van der Waals surface area contributed by atoms with Gasteiger partial charge in [-0.3, -0.25) is 0 Å². The van der Waals surface area contributed by atoms with E-state index in [0.29, 0.717) is 5.82 Å². The first kappa shape index (κ1) is 9.52. The molecular formula is C9H11ClFN3. The third-order valence-electron chi connectivity index (χ3n) is 2.36. The Hall–Kier alpha value is -1.03. The molecule has 0 bridgehead atoms. The smallest absolute Gasteiger partial charge is 0.235 e. The van der Waals surface area contributed by atoms with Crippen LogP contribution in [0.2, 0.25) is 5.02 Å². The van der Waals surface area contributed by atoms with Crippen LogP contribution >= 0.6 is 11.6 Å². The average molecular weight is 216 g/mol. The topological polar surface area (TPSA) is 42.1 Å². The molecule has 0 spiro atoms. The Balaban J connectivity index is 2.34. The van der Waals surface area contributed by atoms with Crippen molar-refractivity contribution < 1.29 is 4.39 Å². The number of anilines is 2. The molecule has 1 fully saturated rings. The number of hydrogen-bond acceptors (Lipinski definition) is 3. The van der Waals surface area contributed by atoms with Gasteiger partial charge < -0.3 is 10.6 Å². The van der Waals surface area contributed by atoms with Gasteiger partial charge in [0.1, 0.15) is 10.8 Å². The second-order valence-electron chi connectivity index (χ2n) is 3.37. The van der Waals surface area contributed by atoms with Crippen molar-refractivity contribution in [1.29, 1.82) is 0 Å². The molecule has 0 radical (unpaired) electrons. The highest BCUT2D eigenvalue weighted by Gasteiger charge is 2.16. The summed E-state index contributed by atoms with van der Waals surface area (Å²) in [6, 6.07) is 1.62. The number of aromatic nitrogens is 1. The van der Waals surface area contributed by atoms with Crippen LogP contribution in [0.25, 0.3) is 0 Å².